The second-order valence-electron chi connectivity index (χ2n) is 7.88. The first kappa shape index (κ1) is 23.0. The molecule has 0 spiro atoms. The van der Waals surface area contributed by atoms with Crippen LogP contribution in [0, 0.1) is 21.8 Å². The minimum absolute atomic E-state index is 0.0840. The van der Waals surface area contributed by atoms with Gasteiger partial charge in [-0.25, -0.2) is 8.78 Å². The summed E-state index contributed by atoms with van der Waals surface area (Å²) in [5.41, 5.74) is -1.68. The van der Waals surface area contributed by atoms with Gasteiger partial charge in [-0.2, -0.15) is 13.2 Å². The smallest absolute Gasteiger partial charge is 0.380 e. The number of nitro groups is 1. The van der Waals surface area contributed by atoms with Crippen molar-refractivity contribution in [3.05, 3.63) is 27.6 Å². The number of carbonyl (C=O) groups is 1. The van der Waals surface area contributed by atoms with E-state index in [4.69, 9.17) is 0 Å². The molecule has 1 atom stereocenters. The Labute approximate surface area is 175 Å². The van der Waals surface area contributed by atoms with Gasteiger partial charge in [0.2, 0.25) is 0 Å². The molecule has 1 unspecified atom stereocenters. The molecule has 1 aliphatic carbocycles. The first-order valence-corrected chi connectivity index (χ1v) is 9.98. The number of rotatable bonds is 5. The summed E-state index contributed by atoms with van der Waals surface area (Å²) >= 11 is 0. The van der Waals surface area contributed by atoms with Gasteiger partial charge < -0.3 is 15.5 Å². The molecule has 1 amide bonds. The number of carbonyl (C=O) groups excluding carboxylic acids is 1. The molecule has 2 N–H and O–H groups in total. The van der Waals surface area contributed by atoms with Gasteiger partial charge in [-0.15, -0.1) is 0 Å². The fraction of sp³-hybridized carbons (Fsp3) is 0.632. The van der Waals surface area contributed by atoms with Crippen LogP contribution in [0.1, 0.15) is 42.5 Å². The first-order chi connectivity index (χ1) is 14.5. The molecule has 2 fully saturated rings. The lowest BCUT2D eigenvalue weighted by Crippen LogP contribution is -2.40. The third-order valence-corrected chi connectivity index (χ3v) is 5.88. The first-order valence-electron chi connectivity index (χ1n) is 9.98. The maximum absolute atomic E-state index is 15.2. The standard InChI is InChI=1S/C19H23F5N4O3/c1-25-16-14(28(30)31)8-13(17(15(16)21)27-7-6-11(20)9-27)18(29)26-12-4-2-10(3-5-12)19(22,23)24/h8,10-12,25H,2-7,9H2,1H3,(H,26,29). The Kier molecular flexibility index (Phi) is 6.56. The van der Waals surface area contributed by atoms with Crippen molar-refractivity contribution in [1.29, 1.82) is 0 Å². The number of nitro benzene ring substituents is 1. The van der Waals surface area contributed by atoms with Crippen molar-refractivity contribution in [2.24, 2.45) is 5.92 Å². The lowest BCUT2D eigenvalue weighted by atomic mass is 9.85. The summed E-state index contributed by atoms with van der Waals surface area (Å²) < 4.78 is 67.5. The van der Waals surface area contributed by atoms with Gasteiger partial charge in [0.15, 0.2) is 11.5 Å². The second kappa shape index (κ2) is 8.83. The Morgan fingerprint density at radius 3 is 2.35 bits per heavy atom. The van der Waals surface area contributed by atoms with E-state index in [-0.39, 0.29) is 56.4 Å². The number of hydrogen-bond acceptors (Lipinski definition) is 5. The van der Waals surface area contributed by atoms with E-state index in [1.54, 1.807) is 0 Å². The zero-order valence-corrected chi connectivity index (χ0v) is 16.8. The molecular weight excluding hydrogens is 427 g/mol. The van der Waals surface area contributed by atoms with Crippen molar-refractivity contribution in [3.8, 4) is 0 Å². The highest BCUT2D eigenvalue weighted by molar-refractivity contribution is 6.02. The molecule has 1 aromatic carbocycles. The quantitative estimate of drug-likeness (QED) is 0.399. The van der Waals surface area contributed by atoms with E-state index in [0.29, 0.717) is 0 Å². The van der Waals surface area contributed by atoms with Crippen molar-refractivity contribution in [1.82, 2.24) is 5.32 Å². The number of benzene rings is 1. The van der Waals surface area contributed by atoms with Crippen LogP contribution in [0.25, 0.3) is 0 Å². The van der Waals surface area contributed by atoms with Crippen LogP contribution in [0.5, 0.6) is 0 Å². The van der Waals surface area contributed by atoms with Gasteiger partial charge in [-0.1, -0.05) is 0 Å². The van der Waals surface area contributed by atoms with Gasteiger partial charge >= 0.3 is 6.18 Å². The number of hydrogen-bond donors (Lipinski definition) is 2. The lowest BCUT2D eigenvalue weighted by molar-refractivity contribution is -0.384. The highest BCUT2D eigenvalue weighted by Crippen LogP contribution is 2.40. The molecule has 3 rings (SSSR count). The van der Waals surface area contributed by atoms with Gasteiger partial charge in [0.1, 0.15) is 6.17 Å². The Balaban J connectivity index is 1.90. The van der Waals surface area contributed by atoms with Crippen LogP contribution in [0.4, 0.5) is 39.0 Å². The van der Waals surface area contributed by atoms with Crippen LogP contribution in [0.2, 0.25) is 0 Å². The zero-order valence-electron chi connectivity index (χ0n) is 16.8. The molecule has 1 aliphatic heterocycles. The van der Waals surface area contributed by atoms with E-state index >= 15 is 4.39 Å². The summed E-state index contributed by atoms with van der Waals surface area (Å²) in [5, 5.41) is 16.4. The molecule has 7 nitrogen and oxygen atoms in total. The van der Waals surface area contributed by atoms with Crippen LogP contribution >= 0.6 is 0 Å². The molecule has 2 aliphatic rings. The number of nitrogens with one attached hydrogen (secondary N) is 2. The van der Waals surface area contributed by atoms with E-state index in [1.165, 1.54) is 11.9 Å². The summed E-state index contributed by atoms with van der Waals surface area (Å²) in [7, 11) is 1.29. The summed E-state index contributed by atoms with van der Waals surface area (Å²) in [6.45, 7) is -0.0507. The van der Waals surface area contributed by atoms with Crippen molar-refractivity contribution in [3.63, 3.8) is 0 Å². The van der Waals surface area contributed by atoms with Crippen LogP contribution < -0.4 is 15.5 Å². The van der Waals surface area contributed by atoms with Gasteiger partial charge in [0.25, 0.3) is 11.6 Å². The van der Waals surface area contributed by atoms with Crippen LogP contribution in [-0.2, 0) is 0 Å². The number of anilines is 2. The Bertz CT molecular complexity index is 856. The fourth-order valence-corrected chi connectivity index (χ4v) is 4.24. The molecule has 1 aromatic rings. The number of nitrogens with zero attached hydrogens (tertiary/aromatic N) is 2. The average Bonchev–Trinajstić information content (AvgIpc) is 3.12. The van der Waals surface area contributed by atoms with Crippen LogP contribution in [0.15, 0.2) is 6.07 Å². The largest absolute Gasteiger partial charge is 0.391 e. The molecular formula is C19H23F5N4O3. The maximum atomic E-state index is 15.2. The minimum atomic E-state index is -4.30. The fourth-order valence-electron chi connectivity index (χ4n) is 4.24. The monoisotopic (exact) mass is 450 g/mol. The normalized spacial score (nSPS) is 24.2. The summed E-state index contributed by atoms with van der Waals surface area (Å²) in [6, 6.07) is 0.351. The minimum Gasteiger partial charge on any atom is -0.380 e. The number of amides is 1. The SMILES string of the molecule is CNc1c([N+](=O)[O-])cc(C(=O)NC2CCC(C(F)(F)F)CC2)c(N2CCC(F)C2)c1F. The summed E-state index contributed by atoms with van der Waals surface area (Å²) in [4.78, 5) is 24.8. The van der Waals surface area contributed by atoms with Gasteiger partial charge in [0, 0.05) is 32.2 Å². The van der Waals surface area contributed by atoms with E-state index in [2.05, 4.69) is 10.6 Å². The zero-order chi connectivity index (χ0) is 22.9. The third kappa shape index (κ3) is 4.82. The summed E-state index contributed by atoms with van der Waals surface area (Å²) in [6.07, 6.45) is -5.54. The Hall–Kier alpha value is -2.66. The van der Waals surface area contributed by atoms with E-state index in [9.17, 15) is 32.5 Å². The highest BCUT2D eigenvalue weighted by Gasteiger charge is 2.42. The predicted molar refractivity (Wildman–Crippen MR) is 104 cm³/mol. The molecule has 12 heteroatoms. The highest BCUT2D eigenvalue weighted by atomic mass is 19.4. The average molecular weight is 450 g/mol. The molecule has 0 radical (unpaired) electrons. The van der Waals surface area contributed by atoms with Gasteiger partial charge in [-0.3, -0.25) is 14.9 Å². The molecule has 1 heterocycles. The van der Waals surface area contributed by atoms with E-state index in [0.717, 1.165) is 6.07 Å². The van der Waals surface area contributed by atoms with E-state index in [1.807, 2.05) is 0 Å². The Morgan fingerprint density at radius 1 is 1.23 bits per heavy atom. The lowest BCUT2D eigenvalue weighted by Gasteiger charge is -2.31. The van der Waals surface area contributed by atoms with Gasteiger partial charge in [-0.05, 0) is 32.1 Å². The van der Waals surface area contributed by atoms with Gasteiger partial charge in [0.05, 0.1) is 22.1 Å². The van der Waals surface area contributed by atoms with E-state index < -0.39 is 52.3 Å². The second-order valence-corrected chi connectivity index (χ2v) is 7.88. The van der Waals surface area contributed by atoms with Crippen molar-refractivity contribution in [2.45, 2.75) is 50.5 Å². The number of halogens is 5. The van der Waals surface area contributed by atoms with Crippen LogP contribution in [-0.4, -0.2) is 49.4 Å². The Morgan fingerprint density at radius 2 is 1.87 bits per heavy atom. The molecule has 0 aromatic heterocycles. The van der Waals surface area contributed by atoms with Crippen molar-refractivity contribution in [2.75, 3.05) is 30.4 Å². The molecule has 1 saturated carbocycles. The maximum Gasteiger partial charge on any atom is 0.391 e. The number of alkyl halides is 4. The third-order valence-electron chi connectivity index (χ3n) is 5.88. The van der Waals surface area contributed by atoms with Crippen molar-refractivity contribution >= 4 is 23.0 Å². The topological polar surface area (TPSA) is 87.5 Å². The molecule has 31 heavy (non-hydrogen) atoms. The van der Waals surface area contributed by atoms with Crippen molar-refractivity contribution < 1.29 is 31.7 Å². The summed E-state index contributed by atoms with van der Waals surface area (Å²) in [5.74, 6) is -3.31. The predicted octanol–water partition coefficient (Wildman–Crippen LogP) is 4.17. The molecule has 0 bridgehead atoms. The van der Waals surface area contributed by atoms with Crippen LogP contribution in [0.3, 0.4) is 0 Å². The molecule has 172 valence electrons. The molecule has 1 saturated heterocycles.